The molecule has 0 radical (unpaired) electrons. The molecule has 0 bridgehead atoms. The summed E-state index contributed by atoms with van der Waals surface area (Å²) in [6.45, 7) is 4.24. The quantitative estimate of drug-likeness (QED) is 0.477. The van der Waals surface area contributed by atoms with Gasteiger partial charge in [0.05, 0.1) is 4.90 Å². The zero-order chi connectivity index (χ0) is 23.9. The number of piperidine rings is 1. The monoisotopic (exact) mass is 504 g/mol. The standard InChI is InChI=1S/C29H32N2O2S2/c32-35(33,25-11-5-2-6-12-25)31-20-24(26(21-31)23-9-3-1-4-10-23)19-30-17-15-29(16-18-30)22-34-28-14-8-7-13-27(28)29/h1-14,24,26H,15-22H2/t24-,26-/m0/s1. The first-order valence-electron chi connectivity index (χ1n) is 12.6. The lowest BCUT2D eigenvalue weighted by Gasteiger charge is -2.41. The molecule has 6 rings (SSSR count). The highest BCUT2D eigenvalue weighted by atomic mass is 32.2. The summed E-state index contributed by atoms with van der Waals surface area (Å²) in [6, 6.07) is 28.3. The second-order valence-electron chi connectivity index (χ2n) is 10.3. The normalized spacial score (nSPS) is 24.6. The van der Waals surface area contributed by atoms with Crippen LogP contribution < -0.4 is 0 Å². The zero-order valence-corrected chi connectivity index (χ0v) is 21.6. The van der Waals surface area contributed by atoms with E-state index in [1.54, 1.807) is 34.1 Å². The number of rotatable bonds is 5. The van der Waals surface area contributed by atoms with Gasteiger partial charge in [-0.15, -0.1) is 11.8 Å². The average molecular weight is 505 g/mol. The molecule has 3 aliphatic rings. The van der Waals surface area contributed by atoms with Crippen LogP contribution in [0.2, 0.25) is 0 Å². The van der Waals surface area contributed by atoms with Gasteiger partial charge in [-0.3, -0.25) is 0 Å². The molecule has 0 unspecified atom stereocenters. The summed E-state index contributed by atoms with van der Waals surface area (Å²) < 4.78 is 28.6. The van der Waals surface area contributed by atoms with Crippen LogP contribution in [-0.2, 0) is 15.4 Å². The van der Waals surface area contributed by atoms with E-state index in [9.17, 15) is 8.42 Å². The number of likely N-dealkylation sites (tertiary alicyclic amines) is 1. The highest BCUT2D eigenvalue weighted by Gasteiger charge is 2.44. The molecule has 2 atom stereocenters. The van der Waals surface area contributed by atoms with Crippen molar-refractivity contribution in [1.82, 2.24) is 9.21 Å². The summed E-state index contributed by atoms with van der Waals surface area (Å²) in [5.74, 6) is 1.70. The fourth-order valence-corrected chi connectivity index (χ4v) is 9.30. The van der Waals surface area contributed by atoms with Gasteiger partial charge in [0.25, 0.3) is 0 Å². The summed E-state index contributed by atoms with van der Waals surface area (Å²) in [5, 5.41) is 0. The van der Waals surface area contributed by atoms with Crippen molar-refractivity contribution >= 4 is 21.8 Å². The number of sulfonamides is 1. The van der Waals surface area contributed by atoms with Crippen LogP contribution in [0.25, 0.3) is 0 Å². The minimum Gasteiger partial charge on any atom is -0.303 e. The Morgan fingerprint density at radius 1 is 0.829 bits per heavy atom. The van der Waals surface area contributed by atoms with Gasteiger partial charge in [0.2, 0.25) is 10.0 Å². The maximum atomic E-state index is 13.4. The van der Waals surface area contributed by atoms with Gasteiger partial charge in [-0.2, -0.15) is 4.31 Å². The molecule has 3 aromatic rings. The SMILES string of the molecule is O=S(=O)(c1ccccc1)N1C[C@H](CN2CCC3(CC2)CSc2ccccc23)[C@H](c2ccccc2)C1. The van der Waals surface area contributed by atoms with Crippen molar-refractivity contribution in [2.24, 2.45) is 5.92 Å². The first-order valence-corrected chi connectivity index (χ1v) is 15.0. The molecular weight excluding hydrogens is 472 g/mol. The minimum absolute atomic E-state index is 0.216. The van der Waals surface area contributed by atoms with Crippen molar-refractivity contribution < 1.29 is 8.42 Å². The van der Waals surface area contributed by atoms with Crippen molar-refractivity contribution in [3.05, 3.63) is 96.1 Å². The van der Waals surface area contributed by atoms with E-state index in [4.69, 9.17) is 0 Å². The van der Waals surface area contributed by atoms with Gasteiger partial charge >= 0.3 is 0 Å². The van der Waals surface area contributed by atoms with E-state index < -0.39 is 10.0 Å². The van der Waals surface area contributed by atoms with Crippen molar-refractivity contribution in [1.29, 1.82) is 0 Å². The second kappa shape index (κ2) is 9.40. The van der Waals surface area contributed by atoms with Crippen LogP contribution in [0.1, 0.15) is 29.9 Å². The Kier molecular flexibility index (Phi) is 6.25. The summed E-state index contributed by atoms with van der Waals surface area (Å²) >= 11 is 2.01. The average Bonchev–Trinajstić information content (AvgIpc) is 3.49. The number of fused-ring (bicyclic) bond motifs is 2. The van der Waals surface area contributed by atoms with Crippen molar-refractivity contribution in [3.8, 4) is 0 Å². The lowest BCUT2D eigenvalue weighted by atomic mass is 9.74. The van der Waals surface area contributed by atoms with Crippen LogP contribution in [0, 0.1) is 5.92 Å². The molecule has 0 amide bonds. The third-order valence-corrected chi connectivity index (χ3v) is 11.5. The summed E-state index contributed by atoms with van der Waals surface area (Å²) in [6.07, 6.45) is 2.37. The van der Waals surface area contributed by atoms with Gasteiger partial charge in [0.1, 0.15) is 0 Å². The van der Waals surface area contributed by atoms with Gasteiger partial charge in [0, 0.05) is 41.6 Å². The highest BCUT2D eigenvalue weighted by Crippen LogP contribution is 2.49. The van der Waals surface area contributed by atoms with Crippen LogP contribution in [-0.4, -0.2) is 56.1 Å². The predicted molar refractivity (Wildman–Crippen MR) is 142 cm³/mol. The Balaban J connectivity index is 1.20. The molecule has 0 aliphatic carbocycles. The Hall–Kier alpha value is -2.12. The number of hydrogen-bond donors (Lipinski definition) is 0. The maximum Gasteiger partial charge on any atom is 0.243 e. The van der Waals surface area contributed by atoms with E-state index in [0.29, 0.717) is 23.4 Å². The summed E-state index contributed by atoms with van der Waals surface area (Å²) in [5.41, 5.74) is 3.11. The van der Waals surface area contributed by atoms with Crippen LogP contribution >= 0.6 is 11.8 Å². The van der Waals surface area contributed by atoms with E-state index in [0.717, 1.165) is 19.6 Å². The minimum atomic E-state index is -3.49. The molecule has 0 aromatic heterocycles. The highest BCUT2D eigenvalue weighted by molar-refractivity contribution is 7.99. The first-order chi connectivity index (χ1) is 17.1. The smallest absolute Gasteiger partial charge is 0.243 e. The van der Waals surface area contributed by atoms with Crippen molar-refractivity contribution in [2.45, 2.75) is 34.0 Å². The fourth-order valence-electron chi connectivity index (χ4n) is 6.27. The predicted octanol–water partition coefficient (Wildman–Crippen LogP) is 5.23. The van der Waals surface area contributed by atoms with Gasteiger partial charge in [0.15, 0.2) is 0 Å². The summed E-state index contributed by atoms with van der Waals surface area (Å²) in [4.78, 5) is 4.45. The van der Waals surface area contributed by atoms with E-state index in [1.807, 2.05) is 23.9 Å². The molecule has 2 saturated heterocycles. The molecule has 35 heavy (non-hydrogen) atoms. The van der Waals surface area contributed by atoms with E-state index >= 15 is 0 Å². The van der Waals surface area contributed by atoms with Crippen LogP contribution in [0.3, 0.4) is 0 Å². The Morgan fingerprint density at radius 3 is 2.23 bits per heavy atom. The Bertz CT molecular complexity index is 1270. The molecule has 0 saturated carbocycles. The molecule has 3 aromatic carbocycles. The molecule has 1 spiro atoms. The zero-order valence-electron chi connectivity index (χ0n) is 19.9. The van der Waals surface area contributed by atoms with Gasteiger partial charge in [-0.1, -0.05) is 66.7 Å². The third-order valence-electron chi connectivity index (χ3n) is 8.28. The number of hydrogen-bond acceptors (Lipinski definition) is 4. The lowest BCUT2D eigenvalue weighted by Crippen LogP contribution is -2.45. The molecule has 0 N–H and O–H groups in total. The van der Waals surface area contributed by atoms with Crippen LogP contribution in [0.5, 0.6) is 0 Å². The number of benzene rings is 3. The molecule has 3 aliphatic heterocycles. The van der Waals surface area contributed by atoms with Gasteiger partial charge < -0.3 is 4.90 Å². The molecule has 3 heterocycles. The molecule has 4 nitrogen and oxygen atoms in total. The van der Waals surface area contributed by atoms with Crippen LogP contribution in [0.15, 0.2) is 94.7 Å². The third kappa shape index (κ3) is 4.35. The number of nitrogens with zero attached hydrogens (tertiary/aromatic N) is 2. The molecule has 2 fully saturated rings. The maximum absolute atomic E-state index is 13.4. The Morgan fingerprint density at radius 2 is 1.49 bits per heavy atom. The van der Waals surface area contributed by atoms with Crippen LogP contribution in [0.4, 0.5) is 0 Å². The first kappa shape index (κ1) is 23.3. The van der Waals surface area contributed by atoms with Crippen molar-refractivity contribution in [2.75, 3.05) is 38.5 Å². The van der Waals surface area contributed by atoms with Crippen molar-refractivity contribution in [3.63, 3.8) is 0 Å². The lowest BCUT2D eigenvalue weighted by molar-refractivity contribution is 0.148. The number of thioether (sulfide) groups is 1. The second-order valence-corrected chi connectivity index (χ2v) is 13.2. The van der Waals surface area contributed by atoms with E-state index in [-0.39, 0.29) is 11.8 Å². The van der Waals surface area contributed by atoms with E-state index in [2.05, 4.69) is 53.4 Å². The van der Waals surface area contributed by atoms with Gasteiger partial charge in [-0.25, -0.2) is 8.42 Å². The van der Waals surface area contributed by atoms with Gasteiger partial charge in [-0.05, 0) is 61.2 Å². The Labute approximate surface area is 213 Å². The molecular formula is C29H32N2O2S2. The molecule has 182 valence electrons. The summed E-state index contributed by atoms with van der Waals surface area (Å²) in [7, 11) is -3.49. The largest absolute Gasteiger partial charge is 0.303 e. The topological polar surface area (TPSA) is 40.6 Å². The molecule has 6 heteroatoms. The van der Waals surface area contributed by atoms with E-state index in [1.165, 1.54) is 29.1 Å². The fraction of sp³-hybridized carbons (Fsp3) is 0.379.